The first-order valence-electron chi connectivity index (χ1n) is 10.4. The van der Waals surface area contributed by atoms with E-state index in [-0.39, 0.29) is 23.4 Å². The van der Waals surface area contributed by atoms with Crippen molar-refractivity contribution in [1.29, 1.82) is 0 Å². The van der Waals surface area contributed by atoms with E-state index in [1.807, 2.05) is 26.0 Å². The molecular formula is C22H29N9O. The Bertz CT molecular complexity index is 1020. The summed E-state index contributed by atoms with van der Waals surface area (Å²) in [5, 5.41) is 3.01. The summed E-state index contributed by atoms with van der Waals surface area (Å²) in [7, 11) is 0. The number of rotatable bonds is 6. The van der Waals surface area contributed by atoms with E-state index in [9.17, 15) is 4.79 Å². The van der Waals surface area contributed by atoms with Gasteiger partial charge in [0.25, 0.3) is 5.91 Å². The van der Waals surface area contributed by atoms with E-state index in [1.54, 1.807) is 18.6 Å². The Morgan fingerprint density at radius 2 is 1.69 bits per heavy atom. The molecule has 168 valence electrons. The molecule has 3 aromatic heterocycles. The van der Waals surface area contributed by atoms with Gasteiger partial charge in [0, 0.05) is 36.6 Å². The predicted molar refractivity (Wildman–Crippen MR) is 126 cm³/mol. The molecule has 1 amide bonds. The standard InChI is InChI=1S/C19H21N9O.C3H8/c1-3-22-16-10-24-15(9-25-16)18(29)28-17(20)11(2)12-4-5-14(23-6-12)13-7-26-19(21)27-8-13;1-3-2/h4-11H,3H2,1-2H3,(H,22,25)(H2,20,28,29)(H2,21,26,27);3H2,1-2H3. The van der Waals surface area contributed by atoms with Crippen molar-refractivity contribution in [3.05, 3.63) is 54.4 Å². The smallest absolute Gasteiger partial charge is 0.298 e. The van der Waals surface area contributed by atoms with E-state index in [1.165, 1.54) is 18.8 Å². The maximum atomic E-state index is 12.3. The molecule has 5 N–H and O–H groups in total. The van der Waals surface area contributed by atoms with Crippen LogP contribution < -0.4 is 16.8 Å². The third-order valence-corrected chi connectivity index (χ3v) is 4.16. The molecule has 0 aliphatic rings. The molecule has 1 unspecified atom stereocenters. The molecule has 3 aromatic rings. The molecule has 0 radical (unpaired) electrons. The minimum Gasteiger partial charge on any atom is -0.387 e. The molecule has 10 nitrogen and oxygen atoms in total. The van der Waals surface area contributed by atoms with Crippen LogP contribution in [0.2, 0.25) is 0 Å². The number of aliphatic imine (C=N–C) groups is 1. The van der Waals surface area contributed by atoms with Gasteiger partial charge in [-0.25, -0.2) is 19.9 Å². The lowest BCUT2D eigenvalue weighted by molar-refractivity contribution is 0.0997. The Balaban J connectivity index is 0.00000114. The van der Waals surface area contributed by atoms with E-state index >= 15 is 0 Å². The van der Waals surface area contributed by atoms with Crippen LogP contribution in [0, 0.1) is 0 Å². The molecule has 0 saturated carbocycles. The zero-order valence-electron chi connectivity index (χ0n) is 18.8. The van der Waals surface area contributed by atoms with Crippen LogP contribution >= 0.6 is 0 Å². The van der Waals surface area contributed by atoms with Gasteiger partial charge < -0.3 is 16.8 Å². The van der Waals surface area contributed by atoms with E-state index in [2.05, 4.69) is 49.1 Å². The lowest BCUT2D eigenvalue weighted by Crippen LogP contribution is -2.22. The molecular weight excluding hydrogens is 406 g/mol. The summed E-state index contributed by atoms with van der Waals surface area (Å²) in [6, 6.07) is 3.68. The second kappa shape index (κ2) is 12.0. The summed E-state index contributed by atoms with van der Waals surface area (Å²) >= 11 is 0. The summed E-state index contributed by atoms with van der Waals surface area (Å²) in [4.78, 5) is 36.7. The van der Waals surface area contributed by atoms with Crippen molar-refractivity contribution in [2.45, 2.75) is 40.0 Å². The number of anilines is 2. The highest BCUT2D eigenvalue weighted by atomic mass is 16.1. The third kappa shape index (κ3) is 6.79. The summed E-state index contributed by atoms with van der Waals surface area (Å²) in [5.41, 5.74) is 13.9. The highest BCUT2D eigenvalue weighted by Crippen LogP contribution is 2.20. The number of amides is 1. The quantitative estimate of drug-likeness (QED) is 0.391. The number of carbonyl (C=O) groups is 1. The molecule has 10 heteroatoms. The zero-order chi connectivity index (χ0) is 23.5. The van der Waals surface area contributed by atoms with Crippen molar-refractivity contribution >= 4 is 23.5 Å². The summed E-state index contributed by atoms with van der Waals surface area (Å²) in [6.07, 6.45) is 8.98. The van der Waals surface area contributed by atoms with Gasteiger partial charge in [-0.3, -0.25) is 9.78 Å². The fourth-order valence-corrected chi connectivity index (χ4v) is 2.46. The van der Waals surface area contributed by atoms with Crippen molar-refractivity contribution in [2.24, 2.45) is 10.7 Å². The first-order valence-corrected chi connectivity index (χ1v) is 10.4. The highest BCUT2D eigenvalue weighted by molar-refractivity contribution is 6.03. The maximum Gasteiger partial charge on any atom is 0.298 e. The molecule has 0 spiro atoms. The number of nitrogens with one attached hydrogen (secondary N) is 1. The number of hydrogen-bond acceptors (Lipinski definition) is 8. The maximum absolute atomic E-state index is 12.3. The molecule has 3 heterocycles. The number of nitrogen functional groups attached to an aromatic ring is 1. The molecule has 0 aliphatic carbocycles. The van der Waals surface area contributed by atoms with Crippen molar-refractivity contribution < 1.29 is 4.79 Å². The fraction of sp³-hybridized carbons (Fsp3) is 0.318. The first-order chi connectivity index (χ1) is 15.4. The molecule has 0 fully saturated rings. The van der Waals surface area contributed by atoms with Gasteiger partial charge in [-0.2, -0.15) is 4.99 Å². The van der Waals surface area contributed by atoms with Crippen molar-refractivity contribution in [1.82, 2.24) is 24.9 Å². The van der Waals surface area contributed by atoms with Crippen molar-refractivity contribution in [3.8, 4) is 11.3 Å². The van der Waals surface area contributed by atoms with Gasteiger partial charge in [-0.1, -0.05) is 33.3 Å². The van der Waals surface area contributed by atoms with Crippen molar-refractivity contribution in [2.75, 3.05) is 17.6 Å². The minimum absolute atomic E-state index is 0.124. The SMILES string of the molecule is CCC.CCNc1cnc(C(=O)N=C(N)C(C)c2ccc(-c3cnc(N)nc3)nc2)cn1. The Hall–Kier alpha value is -3.95. The van der Waals surface area contributed by atoms with Crippen LogP contribution in [0.4, 0.5) is 11.8 Å². The van der Waals surface area contributed by atoms with Gasteiger partial charge in [0.15, 0.2) is 0 Å². The van der Waals surface area contributed by atoms with E-state index in [4.69, 9.17) is 11.5 Å². The topological polar surface area (TPSA) is 158 Å². The molecule has 0 aliphatic heterocycles. The van der Waals surface area contributed by atoms with Crippen LogP contribution in [0.1, 0.15) is 56.1 Å². The summed E-state index contributed by atoms with van der Waals surface area (Å²) < 4.78 is 0. The van der Waals surface area contributed by atoms with Crippen LogP contribution in [0.25, 0.3) is 11.3 Å². The molecule has 0 bridgehead atoms. The molecule has 32 heavy (non-hydrogen) atoms. The van der Waals surface area contributed by atoms with Crippen LogP contribution in [0.3, 0.4) is 0 Å². The second-order valence-corrected chi connectivity index (χ2v) is 6.89. The van der Waals surface area contributed by atoms with Crippen molar-refractivity contribution in [3.63, 3.8) is 0 Å². The molecule has 1 atom stereocenters. The minimum atomic E-state index is -0.548. The number of hydrogen-bond donors (Lipinski definition) is 3. The largest absolute Gasteiger partial charge is 0.387 e. The Morgan fingerprint density at radius 3 is 2.22 bits per heavy atom. The zero-order valence-corrected chi connectivity index (χ0v) is 18.8. The molecule has 0 aromatic carbocycles. The van der Waals surface area contributed by atoms with Crippen LogP contribution in [0.5, 0.6) is 0 Å². The Morgan fingerprint density at radius 1 is 1.00 bits per heavy atom. The van der Waals surface area contributed by atoms with Crippen LogP contribution in [0.15, 0.2) is 48.1 Å². The summed E-state index contributed by atoms with van der Waals surface area (Å²) in [5.74, 6) is 0.101. The predicted octanol–water partition coefficient (Wildman–Crippen LogP) is 3.06. The van der Waals surface area contributed by atoms with Gasteiger partial charge in [-0.15, -0.1) is 0 Å². The number of carbonyl (C=O) groups excluding carboxylic acids is 1. The highest BCUT2D eigenvalue weighted by Gasteiger charge is 2.15. The number of pyridine rings is 1. The monoisotopic (exact) mass is 435 g/mol. The van der Waals surface area contributed by atoms with Gasteiger partial charge in [0.2, 0.25) is 5.95 Å². The van der Waals surface area contributed by atoms with Crippen LogP contribution in [-0.4, -0.2) is 43.2 Å². The van der Waals surface area contributed by atoms with E-state index in [0.29, 0.717) is 18.1 Å². The van der Waals surface area contributed by atoms with E-state index in [0.717, 1.165) is 11.1 Å². The van der Waals surface area contributed by atoms with Gasteiger partial charge in [0.1, 0.15) is 17.3 Å². The number of amidine groups is 1. The van der Waals surface area contributed by atoms with E-state index < -0.39 is 5.91 Å². The Labute approximate surface area is 187 Å². The molecule has 0 saturated heterocycles. The normalized spacial score (nSPS) is 11.8. The fourth-order valence-electron chi connectivity index (χ4n) is 2.46. The average Bonchev–Trinajstić information content (AvgIpc) is 2.80. The summed E-state index contributed by atoms with van der Waals surface area (Å²) in [6.45, 7) is 8.75. The van der Waals surface area contributed by atoms with Gasteiger partial charge in [0.05, 0.1) is 18.1 Å². The Kier molecular flexibility index (Phi) is 9.15. The van der Waals surface area contributed by atoms with Crippen LogP contribution in [-0.2, 0) is 0 Å². The lowest BCUT2D eigenvalue weighted by Gasteiger charge is -2.11. The average molecular weight is 436 g/mol. The molecule has 3 rings (SSSR count). The number of nitrogens with two attached hydrogens (primary N) is 2. The first kappa shape index (κ1) is 24.3. The van der Waals surface area contributed by atoms with Gasteiger partial charge in [-0.05, 0) is 18.6 Å². The van der Waals surface area contributed by atoms with Gasteiger partial charge >= 0.3 is 0 Å². The number of nitrogens with zero attached hydrogens (tertiary/aromatic N) is 6. The second-order valence-electron chi connectivity index (χ2n) is 6.89. The third-order valence-electron chi connectivity index (χ3n) is 4.16. The lowest BCUT2D eigenvalue weighted by atomic mass is 10.0. The number of aromatic nitrogens is 5.